The number of benzene rings is 1. The maximum Gasteiger partial charge on any atom is 0.257 e. The average molecular weight is 486 g/mol. The Morgan fingerprint density at radius 2 is 2.00 bits per heavy atom. The van der Waals surface area contributed by atoms with Gasteiger partial charge in [0.1, 0.15) is 22.6 Å². The first-order valence-corrected chi connectivity index (χ1v) is 11.0. The molecule has 0 radical (unpaired) electrons. The van der Waals surface area contributed by atoms with Crippen LogP contribution in [0.15, 0.2) is 42.7 Å². The van der Waals surface area contributed by atoms with E-state index in [0.717, 1.165) is 19.5 Å². The number of nitrogens with zero attached hydrogens (tertiary/aromatic N) is 3. The fourth-order valence-corrected chi connectivity index (χ4v) is 3.49. The molecule has 1 aromatic carbocycles. The normalized spacial score (nSPS) is 13.7. The second-order valence-electron chi connectivity index (χ2n) is 7.75. The number of amides is 2. The molecule has 2 aromatic heterocycles. The summed E-state index contributed by atoms with van der Waals surface area (Å²) >= 11 is 6.35. The zero-order valence-corrected chi connectivity index (χ0v) is 19.5. The van der Waals surface area contributed by atoms with Crippen LogP contribution in [-0.2, 0) is 4.74 Å². The van der Waals surface area contributed by atoms with Gasteiger partial charge >= 0.3 is 0 Å². The van der Waals surface area contributed by atoms with Crippen molar-refractivity contribution >= 4 is 29.2 Å². The van der Waals surface area contributed by atoms with E-state index < -0.39 is 5.91 Å². The van der Waals surface area contributed by atoms with Gasteiger partial charge in [-0.1, -0.05) is 11.6 Å². The van der Waals surface area contributed by atoms with Gasteiger partial charge in [-0.2, -0.15) is 5.10 Å². The van der Waals surface area contributed by atoms with Crippen LogP contribution in [-0.4, -0.2) is 64.8 Å². The molecule has 1 saturated heterocycles. The first-order valence-electron chi connectivity index (χ1n) is 10.7. The number of aromatic amines is 1. The average Bonchev–Trinajstić information content (AvgIpc) is 3.27. The summed E-state index contributed by atoms with van der Waals surface area (Å²) in [6.45, 7) is 3.66. The summed E-state index contributed by atoms with van der Waals surface area (Å²) in [6, 6.07) is 7.90. The first-order chi connectivity index (χ1) is 16.4. The standard InChI is InChI=1S/C23H24ClN5O5/c1-14(13-32-2)33-17-8-15(21(30)27-20-4-5-26-28-20)9-18(11-17)34-22-19(24)10-16(12-25-22)23(31)29-6-3-7-29/h4-5,8-12,14H,3,6-7,13H2,1-2H3,(H2,26,27,28,30). The molecule has 2 amide bonds. The van der Waals surface area contributed by atoms with Crippen LogP contribution >= 0.6 is 11.6 Å². The fraction of sp³-hybridized carbons (Fsp3) is 0.304. The van der Waals surface area contributed by atoms with E-state index in [1.807, 2.05) is 6.92 Å². The van der Waals surface area contributed by atoms with Crippen molar-refractivity contribution in [2.75, 3.05) is 32.1 Å². The molecule has 1 atom stereocenters. The molecule has 0 aliphatic carbocycles. The van der Waals surface area contributed by atoms with Crippen molar-refractivity contribution in [1.82, 2.24) is 20.1 Å². The molecule has 11 heteroatoms. The number of H-pyrrole nitrogens is 1. The molecular formula is C23H24ClN5O5. The summed E-state index contributed by atoms with van der Waals surface area (Å²) in [4.78, 5) is 31.1. The molecule has 0 saturated carbocycles. The zero-order valence-electron chi connectivity index (χ0n) is 18.7. The van der Waals surface area contributed by atoms with Crippen LogP contribution in [0, 0.1) is 0 Å². The Hall–Kier alpha value is -3.63. The van der Waals surface area contributed by atoms with E-state index in [1.54, 1.807) is 36.4 Å². The molecule has 1 aliphatic rings. The highest BCUT2D eigenvalue weighted by molar-refractivity contribution is 6.32. The second-order valence-corrected chi connectivity index (χ2v) is 8.16. The minimum Gasteiger partial charge on any atom is -0.488 e. The molecule has 34 heavy (non-hydrogen) atoms. The quantitative estimate of drug-likeness (QED) is 0.473. The highest BCUT2D eigenvalue weighted by Gasteiger charge is 2.23. The molecule has 0 spiro atoms. The topological polar surface area (TPSA) is 119 Å². The molecule has 3 aromatic rings. The Morgan fingerprint density at radius 3 is 2.65 bits per heavy atom. The third kappa shape index (κ3) is 5.64. The number of nitrogens with one attached hydrogen (secondary N) is 2. The zero-order chi connectivity index (χ0) is 24.1. The van der Waals surface area contributed by atoms with Crippen molar-refractivity contribution in [2.45, 2.75) is 19.4 Å². The van der Waals surface area contributed by atoms with Crippen LogP contribution in [0.2, 0.25) is 5.02 Å². The van der Waals surface area contributed by atoms with Crippen LogP contribution in [0.5, 0.6) is 17.4 Å². The van der Waals surface area contributed by atoms with Crippen LogP contribution < -0.4 is 14.8 Å². The van der Waals surface area contributed by atoms with Crippen LogP contribution in [0.4, 0.5) is 5.82 Å². The number of aromatic nitrogens is 3. The van der Waals surface area contributed by atoms with Gasteiger partial charge in [-0.15, -0.1) is 0 Å². The van der Waals surface area contributed by atoms with Crippen LogP contribution in [0.1, 0.15) is 34.1 Å². The van der Waals surface area contributed by atoms with E-state index in [2.05, 4.69) is 20.5 Å². The Morgan fingerprint density at radius 1 is 1.21 bits per heavy atom. The van der Waals surface area contributed by atoms with Crippen molar-refractivity contribution in [1.29, 1.82) is 0 Å². The van der Waals surface area contributed by atoms with Crippen molar-refractivity contribution in [3.63, 3.8) is 0 Å². The SMILES string of the molecule is COCC(C)Oc1cc(Oc2ncc(C(=O)N3CCC3)cc2Cl)cc(C(=O)Nc2cc[nH]n2)c1. The lowest BCUT2D eigenvalue weighted by Crippen LogP contribution is -2.42. The third-order valence-electron chi connectivity index (χ3n) is 5.04. The Bertz CT molecular complexity index is 1170. The van der Waals surface area contributed by atoms with Crippen molar-refractivity contribution in [3.8, 4) is 17.4 Å². The van der Waals surface area contributed by atoms with Crippen molar-refractivity contribution in [2.24, 2.45) is 0 Å². The lowest BCUT2D eigenvalue weighted by Gasteiger charge is -2.30. The molecule has 1 fully saturated rings. The summed E-state index contributed by atoms with van der Waals surface area (Å²) in [5, 5.41) is 9.43. The highest BCUT2D eigenvalue weighted by atomic mass is 35.5. The summed E-state index contributed by atoms with van der Waals surface area (Å²) in [5.41, 5.74) is 0.669. The van der Waals surface area contributed by atoms with Gasteiger partial charge in [-0.25, -0.2) is 4.98 Å². The molecule has 3 heterocycles. The van der Waals surface area contributed by atoms with E-state index in [0.29, 0.717) is 23.7 Å². The molecular weight excluding hydrogens is 462 g/mol. The van der Waals surface area contributed by atoms with E-state index in [-0.39, 0.29) is 34.2 Å². The third-order valence-corrected chi connectivity index (χ3v) is 5.31. The summed E-state index contributed by atoms with van der Waals surface area (Å²) in [5.74, 6) is 0.630. The minimum absolute atomic E-state index is 0.0996. The summed E-state index contributed by atoms with van der Waals surface area (Å²) in [7, 11) is 1.58. The number of hydrogen-bond donors (Lipinski definition) is 2. The Kier molecular flexibility index (Phi) is 7.29. The Labute approximate surface area is 201 Å². The number of carbonyl (C=O) groups excluding carboxylic acids is 2. The predicted octanol–water partition coefficient (Wildman–Crippen LogP) is 3.76. The summed E-state index contributed by atoms with van der Waals surface area (Å²) < 4.78 is 16.9. The molecule has 10 nitrogen and oxygen atoms in total. The van der Waals surface area contributed by atoms with Gasteiger partial charge in [0.25, 0.3) is 11.8 Å². The largest absolute Gasteiger partial charge is 0.488 e. The smallest absolute Gasteiger partial charge is 0.257 e. The second kappa shape index (κ2) is 10.5. The maximum absolute atomic E-state index is 12.8. The number of likely N-dealkylation sites (tertiary alicyclic amines) is 1. The predicted molar refractivity (Wildman–Crippen MR) is 125 cm³/mol. The van der Waals surface area contributed by atoms with E-state index in [4.69, 9.17) is 25.8 Å². The first kappa shape index (κ1) is 23.5. The minimum atomic E-state index is -0.406. The van der Waals surface area contributed by atoms with Crippen LogP contribution in [0.3, 0.4) is 0 Å². The van der Waals surface area contributed by atoms with Crippen molar-refractivity contribution < 1.29 is 23.8 Å². The number of halogens is 1. The monoisotopic (exact) mass is 485 g/mol. The van der Waals surface area contributed by atoms with E-state index >= 15 is 0 Å². The van der Waals surface area contributed by atoms with Gasteiger partial charge in [0, 0.05) is 50.3 Å². The lowest BCUT2D eigenvalue weighted by atomic mass is 10.1. The summed E-state index contributed by atoms with van der Waals surface area (Å²) in [6.07, 6.45) is 3.75. The lowest BCUT2D eigenvalue weighted by molar-refractivity contribution is 0.0651. The van der Waals surface area contributed by atoms with E-state index in [1.165, 1.54) is 18.3 Å². The number of hydrogen-bond acceptors (Lipinski definition) is 7. The maximum atomic E-state index is 12.8. The number of carbonyl (C=O) groups is 2. The number of methoxy groups -OCH3 is 1. The number of anilines is 1. The van der Waals surface area contributed by atoms with Crippen LogP contribution in [0.25, 0.3) is 0 Å². The van der Waals surface area contributed by atoms with Gasteiger partial charge in [0.2, 0.25) is 5.88 Å². The Balaban J connectivity index is 1.57. The molecule has 1 unspecified atom stereocenters. The van der Waals surface area contributed by atoms with Crippen molar-refractivity contribution in [3.05, 3.63) is 58.9 Å². The van der Waals surface area contributed by atoms with Gasteiger partial charge in [0.15, 0.2) is 5.82 Å². The van der Waals surface area contributed by atoms with Gasteiger partial charge in [0.05, 0.1) is 12.2 Å². The van der Waals surface area contributed by atoms with E-state index in [9.17, 15) is 9.59 Å². The fourth-order valence-electron chi connectivity index (χ4n) is 3.28. The molecule has 2 N–H and O–H groups in total. The highest BCUT2D eigenvalue weighted by Crippen LogP contribution is 2.32. The van der Waals surface area contributed by atoms with Gasteiger partial charge in [-0.3, -0.25) is 14.7 Å². The number of ether oxygens (including phenoxy) is 3. The molecule has 4 rings (SSSR count). The van der Waals surface area contributed by atoms with Gasteiger partial charge < -0.3 is 24.4 Å². The number of rotatable bonds is 9. The molecule has 178 valence electrons. The number of pyridine rings is 1. The molecule has 0 bridgehead atoms. The molecule has 1 aliphatic heterocycles. The van der Waals surface area contributed by atoms with Gasteiger partial charge in [-0.05, 0) is 31.5 Å².